The Bertz CT molecular complexity index is 423. The molecule has 0 heterocycles. The van der Waals surface area contributed by atoms with Crippen LogP contribution in [-0.2, 0) is 10.2 Å². The molecule has 0 fully saturated rings. The summed E-state index contributed by atoms with van der Waals surface area (Å²) in [5.41, 5.74) is 2.59. The number of nitrogens with one attached hydrogen (secondary N) is 1. The lowest BCUT2D eigenvalue weighted by Crippen LogP contribution is -2.24. The molecule has 0 bridgehead atoms. The summed E-state index contributed by atoms with van der Waals surface area (Å²) in [5.74, 6) is -0.0510. The topological polar surface area (TPSA) is 29.1 Å². The van der Waals surface area contributed by atoms with Crippen molar-refractivity contribution in [3.05, 3.63) is 47.5 Å². The van der Waals surface area contributed by atoms with Gasteiger partial charge in [-0.15, -0.1) is 0 Å². The molecule has 0 radical (unpaired) electrons. The molecule has 1 amide bonds. The Hall–Kier alpha value is -1.57. The third kappa shape index (κ3) is 4.02. The van der Waals surface area contributed by atoms with Crippen LogP contribution in [-0.4, -0.2) is 5.91 Å². The number of carbonyl (C=O) groups is 1. The maximum absolute atomic E-state index is 11.5. The Labute approximate surface area is 110 Å². The van der Waals surface area contributed by atoms with E-state index >= 15 is 0 Å². The second-order valence-electron chi connectivity index (χ2n) is 5.60. The first-order valence-electron chi connectivity index (χ1n) is 6.38. The van der Waals surface area contributed by atoms with Crippen LogP contribution >= 0.6 is 0 Å². The fraction of sp³-hybridized carbons (Fsp3) is 0.438. The highest BCUT2D eigenvalue weighted by atomic mass is 16.1. The number of allylic oxidation sites excluding steroid dienone is 1. The number of hydrogen-bond donors (Lipinski definition) is 1. The molecule has 18 heavy (non-hydrogen) atoms. The van der Waals surface area contributed by atoms with Crippen molar-refractivity contribution >= 4 is 5.91 Å². The van der Waals surface area contributed by atoms with Gasteiger partial charge < -0.3 is 5.32 Å². The van der Waals surface area contributed by atoms with Crippen LogP contribution in [0.15, 0.2) is 36.4 Å². The van der Waals surface area contributed by atoms with Gasteiger partial charge in [0, 0.05) is 0 Å². The molecule has 1 aromatic carbocycles. The zero-order chi connectivity index (χ0) is 13.8. The monoisotopic (exact) mass is 245 g/mol. The van der Waals surface area contributed by atoms with Crippen LogP contribution in [0.5, 0.6) is 0 Å². The van der Waals surface area contributed by atoms with Crippen LogP contribution in [0.3, 0.4) is 0 Å². The Kier molecular flexibility index (Phi) is 4.71. The molecule has 2 nitrogen and oxygen atoms in total. The smallest absolute Gasteiger partial charge is 0.244 e. The molecule has 0 aliphatic rings. The van der Waals surface area contributed by atoms with Crippen molar-refractivity contribution in [3.63, 3.8) is 0 Å². The van der Waals surface area contributed by atoms with Gasteiger partial charge in [-0.3, -0.25) is 4.79 Å². The number of benzene rings is 1. The lowest BCUT2D eigenvalue weighted by Gasteiger charge is -2.20. The maximum atomic E-state index is 11.5. The van der Waals surface area contributed by atoms with E-state index in [1.807, 2.05) is 13.8 Å². The van der Waals surface area contributed by atoms with Gasteiger partial charge in [0.15, 0.2) is 0 Å². The van der Waals surface area contributed by atoms with Gasteiger partial charge in [-0.25, -0.2) is 0 Å². The Morgan fingerprint density at radius 1 is 1.22 bits per heavy atom. The molecule has 1 aromatic rings. The highest BCUT2D eigenvalue weighted by Crippen LogP contribution is 2.23. The predicted molar refractivity (Wildman–Crippen MR) is 76.5 cm³/mol. The zero-order valence-electron chi connectivity index (χ0n) is 11.9. The van der Waals surface area contributed by atoms with Gasteiger partial charge in [0.25, 0.3) is 0 Å². The van der Waals surface area contributed by atoms with Crippen molar-refractivity contribution in [3.8, 4) is 0 Å². The second kappa shape index (κ2) is 5.85. The summed E-state index contributed by atoms with van der Waals surface area (Å²) in [6.45, 7) is 10.4. The van der Waals surface area contributed by atoms with Gasteiger partial charge in [0.2, 0.25) is 5.91 Å². The molecule has 1 atom stereocenters. The molecule has 0 aromatic heterocycles. The molecular formula is C16H23NO. The molecule has 2 heteroatoms. The van der Waals surface area contributed by atoms with E-state index in [1.165, 1.54) is 5.56 Å². The van der Waals surface area contributed by atoms with Crippen LogP contribution in [0.2, 0.25) is 0 Å². The molecule has 1 rings (SSSR count). The van der Waals surface area contributed by atoms with Crippen LogP contribution in [0.1, 0.15) is 51.8 Å². The lowest BCUT2D eigenvalue weighted by atomic mass is 9.86. The van der Waals surface area contributed by atoms with Crippen molar-refractivity contribution < 1.29 is 4.79 Å². The van der Waals surface area contributed by atoms with Crippen molar-refractivity contribution in [2.75, 3.05) is 0 Å². The zero-order valence-corrected chi connectivity index (χ0v) is 11.9. The van der Waals surface area contributed by atoms with E-state index in [1.54, 1.807) is 12.2 Å². The molecule has 1 unspecified atom stereocenters. The van der Waals surface area contributed by atoms with Gasteiger partial charge >= 0.3 is 0 Å². The number of rotatable bonds is 3. The normalized spacial score (nSPS) is 13.6. The van der Waals surface area contributed by atoms with E-state index in [0.717, 1.165) is 5.56 Å². The first-order valence-corrected chi connectivity index (χ1v) is 6.38. The quantitative estimate of drug-likeness (QED) is 0.808. The van der Waals surface area contributed by atoms with E-state index in [2.05, 4.69) is 50.4 Å². The van der Waals surface area contributed by atoms with Crippen LogP contribution in [0.25, 0.3) is 0 Å². The van der Waals surface area contributed by atoms with Gasteiger partial charge in [-0.1, -0.05) is 51.1 Å². The summed E-state index contributed by atoms with van der Waals surface area (Å²) in [6.07, 6.45) is 3.28. The third-order valence-electron chi connectivity index (χ3n) is 2.95. The molecule has 0 aliphatic heterocycles. The summed E-state index contributed by atoms with van der Waals surface area (Å²) in [7, 11) is 0. The summed E-state index contributed by atoms with van der Waals surface area (Å²) in [6, 6.07) is 8.46. The standard InChI is InChI=1S/C16H23NO/c1-6-7-15(18)17-12(2)13-8-10-14(11-9-13)16(3,4)5/h6-12H,1-5H3,(H,17,18). The summed E-state index contributed by atoms with van der Waals surface area (Å²) in [5, 5.41) is 2.93. The maximum Gasteiger partial charge on any atom is 0.244 e. The highest BCUT2D eigenvalue weighted by molar-refractivity contribution is 5.87. The Balaban J connectivity index is 2.76. The van der Waals surface area contributed by atoms with E-state index in [-0.39, 0.29) is 17.4 Å². The highest BCUT2D eigenvalue weighted by Gasteiger charge is 2.14. The fourth-order valence-electron chi connectivity index (χ4n) is 1.77. The van der Waals surface area contributed by atoms with Crippen molar-refractivity contribution in [1.82, 2.24) is 5.32 Å². The molecule has 0 spiro atoms. The minimum absolute atomic E-state index is 0.0303. The van der Waals surface area contributed by atoms with Crippen LogP contribution in [0.4, 0.5) is 0 Å². The van der Waals surface area contributed by atoms with E-state index in [9.17, 15) is 4.79 Å². The van der Waals surface area contributed by atoms with Gasteiger partial charge in [-0.2, -0.15) is 0 Å². The van der Waals surface area contributed by atoms with Crippen LogP contribution < -0.4 is 5.32 Å². The molecule has 0 saturated carbocycles. The fourth-order valence-corrected chi connectivity index (χ4v) is 1.77. The molecule has 98 valence electrons. The minimum Gasteiger partial charge on any atom is -0.346 e. The second-order valence-corrected chi connectivity index (χ2v) is 5.60. The SMILES string of the molecule is CC=CC(=O)NC(C)c1ccc(C(C)(C)C)cc1. The van der Waals surface area contributed by atoms with E-state index in [0.29, 0.717) is 0 Å². The lowest BCUT2D eigenvalue weighted by molar-refractivity contribution is -0.117. The average molecular weight is 245 g/mol. The predicted octanol–water partition coefficient (Wildman–Crippen LogP) is 3.74. The first kappa shape index (κ1) is 14.5. The molecule has 0 aliphatic carbocycles. The van der Waals surface area contributed by atoms with Crippen LogP contribution in [0, 0.1) is 0 Å². The third-order valence-corrected chi connectivity index (χ3v) is 2.95. The molecular weight excluding hydrogens is 222 g/mol. The summed E-state index contributed by atoms with van der Waals surface area (Å²) < 4.78 is 0. The van der Waals surface area contributed by atoms with Crippen molar-refractivity contribution in [2.24, 2.45) is 0 Å². The Morgan fingerprint density at radius 3 is 2.22 bits per heavy atom. The summed E-state index contributed by atoms with van der Waals surface area (Å²) in [4.78, 5) is 11.5. The number of hydrogen-bond acceptors (Lipinski definition) is 1. The average Bonchev–Trinajstić information content (AvgIpc) is 2.28. The van der Waals surface area contributed by atoms with Crippen molar-refractivity contribution in [1.29, 1.82) is 0 Å². The van der Waals surface area contributed by atoms with Gasteiger partial charge in [0.05, 0.1) is 6.04 Å². The minimum atomic E-state index is -0.0510. The van der Waals surface area contributed by atoms with Gasteiger partial charge in [-0.05, 0) is 36.5 Å². The Morgan fingerprint density at radius 2 is 1.78 bits per heavy atom. The summed E-state index contributed by atoms with van der Waals surface area (Å²) >= 11 is 0. The van der Waals surface area contributed by atoms with E-state index < -0.39 is 0 Å². The number of carbonyl (C=O) groups excluding carboxylic acids is 1. The molecule has 0 saturated heterocycles. The van der Waals surface area contributed by atoms with Crippen molar-refractivity contribution in [2.45, 2.75) is 46.1 Å². The molecule has 1 N–H and O–H groups in total. The van der Waals surface area contributed by atoms with Gasteiger partial charge in [0.1, 0.15) is 0 Å². The first-order chi connectivity index (χ1) is 8.34. The largest absolute Gasteiger partial charge is 0.346 e. The van der Waals surface area contributed by atoms with E-state index in [4.69, 9.17) is 0 Å². The number of amides is 1.